The lowest BCUT2D eigenvalue weighted by Crippen LogP contribution is -1.89. The zero-order chi connectivity index (χ0) is 26.5. The third kappa shape index (κ3) is 3.79. The summed E-state index contributed by atoms with van der Waals surface area (Å²) in [4.78, 5) is 0. The van der Waals surface area contributed by atoms with Crippen LogP contribution in [0.4, 0.5) is 0 Å². The molecule has 0 saturated heterocycles. The van der Waals surface area contributed by atoms with Gasteiger partial charge in [0.2, 0.25) is 0 Å². The van der Waals surface area contributed by atoms with Gasteiger partial charge in [0.25, 0.3) is 0 Å². The molecule has 0 unspecified atom stereocenters. The molecule has 0 atom stereocenters. The minimum atomic E-state index is 0.813. The van der Waals surface area contributed by atoms with E-state index >= 15 is 0 Å². The molecular formula is C39H26O. The standard InChI is InChI=1S/C39H26O/c1-2-10-29(11-3-1)36-25-32-13-6-7-15-34(32)37-35-16-8-14-33(38(35)40-39(36)37)23-26-17-19-28(20-18-26)31-22-21-27-9-4-5-12-30(27)24-31/h1-22,24-25H,23H2. The first kappa shape index (κ1) is 22.8. The van der Waals surface area contributed by atoms with Crippen molar-refractivity contribution in [2.24, 2.45) is 0 Å². The van der Waals surface area contributed by atoms with Gasteiger partial charge in [-0.2, -0.15) is 0 Å². The van der Waals surface area contributed by atoms with Crippen LogP contribution in [0.15, 0.2) is 150 Å². The summed E-state index contributed by atoms with van der Waals surface area (Å²) in [6.07, 6.45) is 0.813. The fourth-order valence-corrected chi connectivity index (χ4v) is 6.08. The van der Waals surface area contributed by atoms with Crippen LogP contribution in [-0.4, -0.2) is 0 Å². The third-order valence-electron chi connectivity index (χ3n) is 8.09. The summed E-state index contributed by atoms with van der Waals surface area (Å²) in [5, 5.41) is 7.36. The van der Waals surface area contributed by atoms with E-state index in [-0.39, 0.29) is 0 Å². The smallest absolute Gasteiger partial charge is 0.143 e. The summed E-state index contributed by atoms with van der Waals surface area (Å²) in [5.74, 6) is 0. The Morgan fingerprint density at radius 1 is 0.425 bits per heavy atom. The SMILES string of the molecule is c1ccc(-c2cc3ccccc3c3c2oc2c(Cc4ccc(-c5ccc6ccccc6c5)cc4)cccc23)cc1. The van der Waals surface area contributed by atoms with Gasteiger partial charge in [-0.15, -0.1) is 0 Å². The van der Waals surface area contributed by atoms with Crippen LogP contribution in [0.2, 0.25) is 0 Å². The molecule has 188 valence electrons. The average Bonchev–Trinajstić information content (AvgIpc) is 3.42. The highest BCUT2D eigenvalue weighted by Crippen LogP contribution is 2.42. The van der Waals surface area contributed by atoms with Crippen LogP contribution < -0.4 is 0 Å². The number of furan rings is 1. The molecule has 40 heavy (non-hydrogen) atoms. The van der Waals surface area contributed by atoms with Crippen molar-refractivity contribution in [1.82, 2.24) is 0 Å². The van der Waals surface area contributed by atoms with Crippen LogP contribution in [-0.2, 0) is 6.42 Å². The first-order valence-corrected chi connectivity index (χ1v) is 13.8. The lowest BCUT2D eigenvalue weighted by molar-refractivity contribution is 0.665. The average molecular weight is 511 g/mol. The molecule has 0 saturated carbocycles. The molecule has 0 aliphatic rings. The summed E-state index contributed by atoms with van der Waals surface area (Å²) in [6.45, 7) is 0. The second-order valence-electron chi connectivity index (χ2n) is 10.5. The van der Waals surface area contributed by atoms with Crippen molar-refractivity contribution >= 4 is 43.5 Å². The summed E-state index contributed by atoms with van der Waals surface area (Å²) in [5.41, 5.74) is 9.18. The molecule has 1 heteroatoms. The van der Waals surface area contributed by atoms with Gasteiger partial charge in [0.15, 0.2) is 0 Å². The van der Waals surface area contributed by atoms with Crippen molar-refractivity contribution in [3.63, 3.8) is 0 Å². The fourth-order valence-electron chi connectivity index (χ4n) is 6.08. The highest BCUT2D eigenvalue weighted by molar-refractivity contribution is 6.22. The Balaban J connectivity index is 1.23. The molecule has 0 amide bonds. The van der Waals surface area contributed by atoms with E-state index in [2.05, 4.69) is 146 Å². The van der Waals surface area contributed by atoms with Gasteiger partial charge in [0.05, 0.1) is 0 Å². The predicted molar refractivity (Wildman–Crippen MR) is 169 cm³/mol. The second kappa shape index (κ2) is 9.25. The van der Waals surface area contributed by atoms with Gasteiger partial charge in [-0.05, 0) is 61.5 Å². The topological polar surface area (TPSA) is 13.1 Å². The summed E-state index contributed by atoms with van der Waals surface area (Å²) in [7, 11) is 0. The van der Waals surface area contributed by atoms with Crippen LogP contribution in [0.3, 0.4) is 0 Å². The van der Waals surface area contributed by atoms with Gasteiger partial charge in [0.1, 0.15) is 11.2 Å². The van der Waals surface area contributed by atoms with E-state index in [1.54, 1.807) is 0 Å². The number of fused-ring (bicyclic) bond motifs is 6. The van der Waals surface area contributed by atoms with Crippen molar-refractivity contribution in [3.8, 4) is 22.3 Å². The van der Waals surface area contributed by atoms with Crippen molar-refractivity contribution < 1.29 is 4.42 Å². The number of hydrogen-bond acceptors (Lipinski definition) is 1. The van der Waals surface area contributed by atoms with Crippen molar-refractivity contribution in [3.05, 3.63) is 157 Å². The van der Waals surface area contributed by atoms with E-state index in [0.717, 1.165) is 23.2 Å². The largest absolute Gasteiger partial charge is 0.455 e. The second-order valence-corrected chi connectivity index (χ2v) is 10.5. The van der Waals surface area contributed by atoms with E-state index in [9.17, 15) is 0 Å². The lowest BCUT2D eigenvalue weighted by Gasteiger charge is -2.07. The Hall–Kier alpha value is -5.14. The summed E-state index contributed by atoms with van der Waals surface area (Å²) in [6, 6.07) is 52.2. The minimum Gasteiger partial charge on any atom is -0.455 e. The van der Waals surface area contributed by atoms with Gasteiger partial charge in [0, 0.05) is 22.8 Å². The van der Waals surface area contributed by atoms with E-state index in [4.69, 9.17) is 4.42 Å². The van der Waals surface area contributed by atoms with E-state index in [0.29, 0.717) is 0 Å². The van der Waals surface area contributed by atoms with Crippen LogP contribution in [0, 0.1) is 0 Å². The quantitative estimate of drug-likeness (QED) is 0.229. The highest BCUT2D eigenvalue weighted by atomic mass is 16.3. The van der Waals surface area contributed by atoms with E-state index in [1.165, 1.54) is 60.1 Å². The van der Waals surface area contributed by atoms with Crippen LogP contribution in [0.25, 0.3) is 65.7 Å². The molecule has 0 radical (unpaired) electrons. The number of benzene rings is 7. The molecule has 0 N–H and O–H groups in total. The number of rotatable bonds is 4. The number of para-hydroxylation sites is 1. The van der Waals surface area contributed by atoms with Gasteiger partial charge >= 0.3 is 0 Å². The Labute approximate surface area is 232 Å². The maximum atomic E-state index is 6.78. The normalized spacial score (nSPS) is 11.6. The van der Waals surface area contributed by atoms with E-state index in [1.807, 2.05) is 0 Å². The van der Waals surface area contributed by atoms with Gasteiger partial charge in [-0.3, -0.25) is 0 Å². The van der Waals surface area contributed by atoms with Gasteiger partial charge in [-0.1, -0.05) is 133 Å². The highest BCUT2D eigenvalue weighted by Gasteiger charge is 2.18. The predicted octanol–water partition coefficient (Wildman–Crippen LogP) is 10.8. The molecule has 7 aromatic carbocycles. The lowest BCUT2D eigenvalue weighted by atomic mass is 9.95. The molecule has 1 heterocycles. The van der Waals surface area contributed by atoms with Gasteiger partial charge in [-0.25, -0.2) is 0 Å². The zero-order valence-corrected chi connectivity index (χ0v) is 22.0. The summed E-state index contributed by atoms with van der Waals surface area (Å²) < 4.78 is 6.78. The Morgan fingerprint density at radius 2 is 1.12 bits per heavy atom. The zero-order valence-electron chi connectivity index (χ0n) is 22.0. The molecule has 0 aliphatic carbocycles. The molecule has 8 aromatic rings. The van der Waals surface area contributed by atoms with Crippen LogP contribution >= 0.6 is 0 Å². The minimum absolute atomic E-state index is 0.813. The molecule has 0 aliphatic heterocycles. The Bertz CT molecular complexity index is 2170. The fraction of sp³-hybridized carbons (Fsp3) is 0.0256. The molecule has 1 aromatic heterocycles. The Morgan fingerprint density at radius 3 is 1.98 bits per heavy atom. The molecule has 0 fully saturated rings. The van der Waals surface area contributed by atoms with Crippen molar-refractivity contribution in [2.75, 3.05) is 0 Å². The van der Waals surface area contributed by atoms with Crippen LogP contribution in [0.5, 0.6) is 0 Å². The first-order valence-electron chi connectivity index (χ1n) is 13.8. The molecule has 8 rings (SSSR count). The monoisotopic (exact) mass is 510 g/mol. The maximum Gasteiger partial charge on any atom is 0.143 e. The maximum absolute atomic E-state index is 6.78. The summed E-state index contributed by atoms with van der Waals surface area (Å²) >= 11 is 0. The van der Waals surface area contributed by atoms with Crippen molar-refractivity contribution in [1.29, 1.82) is 0 Å². The molecule has 0 bridgehead atoms. The first-order chi connectivity index (χ1) is 19.8. The Kier molecular flexibility index (Phi) is 5.28. The van der Waals surface area contributed by atoms with Crippen LogP contribution in [0.1, 0.15) is 11.1 Å². The molecular weight excluding hydrogens is 484 g/mol. The van der Waals surface area contributed by atoms with E-state index < -0.39 is 0 Å². The number of hydrogen-bond donors (Lipinski definition) is 0. The third-order valence-corrected chi connectivity index (χ3v) is 8.09. The van der Waals surface area contributed by atoms with Gasteiger partial charge < -0.3 is 4.42 Å². The van der Waals surface area contributed by atoms with Crippen molar-refractivity contribution in [2.45, 2.75) is 6.42 Å². The molecule has 0 spiro atoms. The molecule has 1 nitrogen and oxygen atoms in total.